The lowest BCUT2D eigenvalue weighted by molar-refractivity contribution is -0.143. The van der Waals surface area contributed by atoms with Gasteiger partial charge in [0.15, 0.2) is 10.5 Å². The molecule has 2 aromatic rings. The highest BCUT2D eigenvalue weighted by atomic mass is 32.2. The normalized spacial score (nSPS) is 11.8. The van der Waals surface area contributed by atoms with E-state index in [-0.39, 0.29) is 16.0 Å². The topological polar surface area (TPSA) is 39.1 Å². The number of carbonyl (C=O) groups is 1. The minimum atomic E-state index is -4.61. The summed E-state index contributed by atoms with van der Waals surface area (Å²) in [6.45, 7) is 1.36. The first-order valence-electron chi connectivity index (χ1n) is 5.59. The highest BCUT2D eigenvalue weighted by Gasteiger charge is 2.34. The van der Waals surface area contributed by atoms with Crippen molar-refractivity contribution in [3.8, 4) is 0 Å². The van der Waals surface area contributed by atoms with Crippen LogP contribution in [0.4, 0.5) is 13.2 Å². The second-order valence-corrected chi connectivity index (χ2v) is 5.47. The monoisotopic (exact) mass is 301 g/mol. The van der Waals surface area contributed by atoms with E-state index in [0.717, 1.165) is 16.3 Å². The van der Waals surface area contributed by atoms with E-state index in [1.54, 1.807) is 6.07 Å². The standard InChI is InChI=1S/C13H10F3NO2S/c1-7(18)20-8-3-4-9-10(5-8)17(2)12(6-11(9)19)13(14,15)16/h3-6H,1-2H3. The number of pyridine rings is 1. The molecule has 0 spiro atoms. The van der Waals surface area contributed by atoms with Gasteiger partial charge >= 0.3 is 6.18 Å². The predicted molar refractivity (Wildman–Crippen MR) is 70.7 cm³/mol. The molecule has 0 radical (unpaired) electrons. The molecule has 20 heavy (non-hydrogen) atoms. The zero-order chi connectivity index (χ0) is 15.1. The van der Waals surface area contributed by atoms with E-state index >= 15 is 0 Å². The van der Waals surface area contributed by atoms with E-state index < -0.39 is 17.3 Å². The Labute approximate surface area is 116 Å². The molecule has 106 valence electrons. The average molecular weight is 301 g/mol. The molecule has 2 rings (SSSR count). The Morgan fingerprint density at radius 1 is 1.25 bits per heavy atom. The zero-order valence-electron chi connectivity index (χ0n) is 10.6. The van der Waals surface area contributed by atoms with Crippen LogP contribution in [0.2, 0.25) is 0 Å². The first-order valence-corrected chi connectivity index (χ1v) is 6.41. The lowest BCUT2D eigenvalue weighted by Crippen LogP contribution is -2.19. The van der Waals surface area contributed by atoms with Crippen molar-refractivity contribution in [1.29, 1.82) is 0 Å². The highest BCUT2D eigenvalue weighted by Crippen LogP contribution is 2.30. The number of aromatic nitrogens is 1. The van der Waals surface area contributed by atoms with Gasteiger partial charge in [0.25, 0.3) is 0 Å². The third kappa shape index (κ3) is 2.72. The quantitative estimate of drug-likeness (QED) is 0.759. The summed E-state index contributed by atoms with van der Waals surface area (Å²) >= 11 is 0.906. The van der Waals surface area contributed by atoms with Crippen molar-refractivity contribution in [2.24, 2.45) is 7.05 Å². The van der Waals surface area contributed by atoms with E-state index in [1.807, 2.05) is 0 Å². The van der Waals surface area contributed by atoms with Crippen LogP contribution in [0, 0.1) is 0 Å². The van der Waals surface area contributed by atoms with Gasteiger partial charge in [-0.05, 0) is 18.2 Å². The first kappa shape index (κ1) is 14.6. The lowest BCUT2D eigenvalue weighted by Gasteiger charge is -2.15. The van der Waals surface area contributed by atoms with Gasteiger partial charge in [-0.3, -0.25) is 9.59 Å². The van der Waals surface area contributed by atoms with Crippen molar-refractivity contribution < 1.29 is 18.0 Å². The molecule has 7 heteroatoms. The van der Waals surface area contributed by atoms with Crippen LogP contribution in [0.15, 0.2) is 34.0 Å². The average Bonchev–Trinajstić information content (AvgIpc) is 2.31. The number of thioether (sulfide) groups is 1. The second kappa shape index (κ2) is 4.97. The Morgan fingerprint density at radius 2 is 1.90 bits per heavy atom. The molecule has 0 aliphatic carbocycles. The number of fused-ring (bicyclic) bond motifs is 1. The van der Waals surface area contributed by atoms with E-state index in [1.165, 1.54) is 26.1 Å². The number of carbonyl (C=O) groups excluding carboxylic acids is 1. The van der Waals surface area contributed by atoms with Crippen LogP contribution in [0.25, 0.3) is 10.9 Å². The van der Waals surface area contributed by atoms with Crippen LogP contribution < -0.4 is 5.43 Å². The van der Waals surface area contributed by atoms with Gasteiger partial charge in [-0.2, -0.15) is 13.2 Å². The fourth-order valence-corrected chi connectivity index (χ4v) is 2.57. The molecule has 1 aromatic heterocycles. The number of halogens is 3. The third-order valence-electron chi connectivity index (χ3n) is 2.78. The van der Waals surface area contributed by atoms with Crippen molar-refractivity contribution in [3.05, 3.63) is 40.2 Å². The molecule has 1 aromatic carbocycles. The van der Waals surface area contributed by atoms with E-state index in [4.69, 9.17) is 0 Å². The SMILES string of the molecule is CC(=O)Sc1ccc2c(=O)cc(C(F)(F)F)n(C)c2c1. The highest BCUT2D eigenvalue weighted by molar-refractivity contribution is 8.13. The maximum atomic E-state index is 12.8. The maximum Gasteiger partial charge on any atom is 0.431 e. The summed E-state index contributed by atoms with van der Waals surface area (Å²) in [5.74, 6) is 0. The van der Waals surface area contributed by atoms with Gasteiger partial charge in [0.1, 0.15) is 5.69 Å². The summed E-state index contributed by atoms with van der Waals surface area (Å²) in [5.41, 5.74) is -1.55. The largest absolute Gasteiger partial charge is 0.431 e. The first-order chi connectivity index (χ1) is 9.20. The number of rotatable bonds is 1. The lowest BCUT2D eigenvalue weighted by atomic mass is 10.2. The van der Waals surface area contributed by atoms with E-state index in [0.29, 0.717) is 11.0 Å². The zero-order valence-corrected chi connectivity index (χ0v) is 11.4. The van der Waals surface area contributed by atoms with Crippen LogP contribution in [-0.4, -0.2) is 9.68 Å². The second-order valence-electron chi connectivity index (χ2n) is 4.22. The number of nitrogens with zero attached hydrogens (tertiary/aromatic N) is 1. The van der Waals surface area contributed by atoms with E-state index in [9.17, 15) is 22.8 Å². The molecule has 0 aliphatic heterocycles. The Kier molecular flexibility index (Phi) is 3.64. The minimum absolute atomic E-state index is 0.149. The molecule has 0 amide bonds. The third-order valence-corrected chi connectivity index (χ3v) is 3.55. The van der Waals surface area contributed by atoms with Gasteiger partial charge < -0.3 is 4.57 Å². The fraction of sp³-hybridized carbons (Fsp3) is 0.231. The molecular weight excluding hydrogens is 291 g/mol. The molecule has 0 fully saturated rings. The summed E-state index contributed by atoms with van der Waals surface area (Å²) in [5, 5.41) is 0.00901. The summed E-state index contributed by atoms with van der Waals surface area (Å²) < 4.78 is 39.5. The molecule has 0 atom stereocenters. The summed E-state index contributed by atoms with van der Waals surface area (Å²) in [7, 11) is 1.24. The van der Waals surface area contributed by atoms with Crippen LogP contribution in [0.3, 0.4) is 0 Å². The van der Waals surface area contributed by atoms with E-state index in [2.05, 4.69) is 0 Å². The summed E-state index contributed by atoms with van der Waals surface area (Å²) in [4.78, 5) is 23.3. The van der Waals surface area contributed by atoms with Crippen LogP contribution in [0.1, 0.15) is 12.6 Å². The van der Waals surface area contributed by atoms with Crippen LogP contribution in [0.5, 0.6) is 0 Å². The van der Waals surface area contributed by atoms with Crippen molar-refractivity contribution >= 4 is 27.8 Å². The Hall–Kier alpha value is -1.76. The number of benzene rings is 1. The molecule has 0 N–H and O–H groups in total. The maximum absolute atomic E-state index is 12.8. The molecule has 1 heterocycles. The van der Waals surface area contributed by atoms with Crippen molar-refractivity contribution in [2.75, 3.05) is 0 Å². The summed E-state index contributed by atoms with van der Waals surface area (Å²) in [6, 6.07) is 4.98. The van der Waals surface area contributed by atoms with Gasteiger partial charge in [0, 0.05) is 30.3 Å². The van der Waals surface area contributed by atoms with Gasteiger partial charge in [-0.25, -0.2) is 0 Å². The molecular formula is C13H10F3NO2S. The minimum Gasteiger partial charge on any atom is -0.340 e. The Morgan fingerprint density at radius 3 is 2.45 bits per heavy atom. The number of hydrogen-bond acceptors (Lipinski definition) is 3. The Bertz CT molecular complexity index is 750. The number of alkyl halides is 3. The molecule has 0 saturated carbocycles. The van der Waals surface area contributed by atoms with Crippen molar-refractivity contribution in [2.45, 2.75) is 18.0 Å². The van der Waals surface area contributed by atoms with Crippen LogP contribution >= 0.6 is 11.8 Å². The molecule has 0 saturated heterocycles. The van der Waals surface area contributed by atoms with Crippen molar-refractivity contribution in [1.82, 2.24) is 4.57 Å². The van der Waals surface area contributed by atoms with Gasteiger partial charge in [-0.15, -0.1) is 0 Å². The number of hydrogen-bond donors (Lipinski definition) is 0. The molecule has 0 unspecified atom stereocenters. The number of aryl methyl sites for hydroxylation is 1. The van der Waals surface area contributed by atoms with Crippen molar-refractivity contribution in [3.63, 3.8) is 0 Å². The summed E-state index contributed by atoms with van der Waals surface area (Å²) in [6.07, 6.45) is -4.61. The molecule has 0 bridgehead atoms. The molecule has 0 aliphatic rings. The van der Waals surface area contributed by atoms with Crippen LogP contribution in [-0.2, 0) is 18.0 Å². The molecule has 3 nitrogen and oxygen atoms in total. The van der Waals surface area contributed by atoms with Gasteiger partial charge in [-0.1, -0.05) is 11.8 Å². The van der Waals surface area contributed by atoms with Gasteiger partial charge in [0.05, 0.1) is 5.52 Å². The van der Waals surface area contributed by atoms with Gasteiger partial charge in [0.2, 0.25) is 0 Å². The fourth-order valence-electron chi connectivity index (χ4n) is 1.93. The smallest absolute Gasteiger partial charge is 0.340 e. The Balaban J connectivity index is 2.76. The predicted octanol–water partition coefficient (Wildman–Crippen LogP) is 3.20.